The average Bonchev–Trinajstić information content (AvgIpc) is 3.43. The van der Waals surface area contributed by atoms with E-state index in [1.54, 1.807) is 36.4 Å². The molecule has 0 spiro atoms. The summed E-state index contributed by atoms with van der Waals surface area (Å²) in [5.41, 5.74) is 4.04. The number of hydrogen-bond acceptors (Lipinski definition) is 6. The molecule has 13 nitrogen and oxygen atoms in total. The van der Waals surface area contributed by atoms with Crippen molar-refractivity contribution in [3.05, 3.63) is 82.1 Å². The Kier molecular flexibility index (Phi) is 10.1. The Balaban J connectivity index is 1.32. The molecule has 1 fully saturated rings. The Bertz CT molecular complexity index is 1940. The predicted molar refractivity (Wildman–Crippen MR) is 178 cm³/mol. The summed E-state index contributed by atoms with van der Waals surface area (Å²) >= 11 is 0. The lowest BCUT2D eigenvalue weighted by Gasteiger charge is -2.29. The van der Waals surface area contributed by atoms with E-state index >= 15 is 0 Å². The van der Waals surface area contributed by atoms with Crippen LogP contribution in [0.2, 0.25) is 0 Å². The van der Waals surface area contributed by atoms with Gasteiger partial charge < -0.3 is 21.1 Å². The fourth-order valence-corrected chi connectivity index (χ4v) is 6.82. The summed E-state index contributed by atoms with van der Waals surface area (Å²) in [7, 11) is -2.21. The largest absolute Gasteiger partial charge is 0.465 e. The van der Waals surface area contributed by atoms with E-state index in [1.807, 2.05) is 31.2 Å². The zero-order valence-electron chi connectivity index (χ0n) is 26.1. The number of anilines is 1. The van der Waals surface area contributed by atoms with Crippen molar-refractivity contribution in [1.29, 1.82) is 0 Å². The lowest BCUT2D eigenvalue weighted by atomic mass is 9.81. The highest BCUT2D eigenvalue weighted by Gasteiger charge is 2.30. The number of H-pyrrole nitrogens is 2. The molecule has 248 valence electrons. The normalized spacial score (nSPS) is 17.1. The summed E-state index contributed by atoms with van der Waals surface area (Å²) in [5, 5.41) is 22.9. The number of fused-ring (bicyclic) bond motifs is 1. The van der Waals surface area contributed by atoms with Gasteiger partial charge in [-0.2, -0.15) is 0 Å². The minimum atomic E-state index is -3.57. The summed E-state index contributed by atoms with van der Waals surface area (Å²) < 4.78 is 26.7. The smallest absolute Gasteiger partial charge is 0.404 e. The molecule has 0 saturated heterocycles. The number of aromatic amines is 2. The Morgan fingerprint density at radius 2 is 1.68 bits per heavy atom. The summed E-state index contributed by atoms with van der Waals surface area (Å²) in [6.07, 6.45) is 1.72. The third kappa shape index (κ3) is 8.07. The third-order valence-electron chi connectivity index (χ3n) is 8.72. The van der Waals surface area contributed by atoms with E-state index in [9.17, 15) is 27.6 Å². The maximum atomic E-state index is 13.6. The molecule has 1 aliphatic rings. The molecule has 4 aromatic rings. The number of nitrogens with one attached hydrogen (secondary N) is 6. The SMILES string of the molecule is CNS(=O)(=O)c1ccc(-c2ccc(C[C@H](NC(=O)[C@H]3CC[C@H](CNC(=O)O)CC3)C(=O)Nc3ccc4c(=O)[nH][nH]c4c3)cc2)c(C)c1. The van der Waals surface area contributed by atoms with Crippen LogP contribution >= 0.6 is 0 Å². The molecule has 14 heteroatoms. The molecule has 7 N–H and O–H groups in total. The van der Waals surface area contributed by atoms with E-state index in [1.165, 1.54) is 7.05 Å². The molecule has 47 heavy (non-hydrogen) atoms. The van der Waals surface area contributed by atoms with Gasteiger partial charge >= 0.3 is 6.09 Å². The van der Waals surface area contributed by atoms with Crippen molar-refractivity contribution < 1.29 is 27.9 Å². The number of rotatable bonds is 11. The van der Waals surface area contributed by atoms with Gasteiger partial charge in [0.2, 0.25) is 21.8 Å². The average molecular weight is 663 g/mol. The van der Waals surface area contributed by atoms with Gasteiger partial charge in [-0.3, -0.25) is 24.6 Å². The Morgan fingerprint density at radius 3 is 2.34 bits per heavy atom. The van der Waals surface area contributed by atoms with Crippen LogP contribution in [0.25, 0.3) is 22.0 Å². The van der Waals surface area contributed by atoms with Gasteiger partial charge in [0, 0.05) is 24.6 Å². The monoisotopic (exact) mass is 662 g/mol. The summed E-state index contributed by atoms with van der Waals surface area (Å²) in [4.78, 5) is 50.0. The first-order valence-corrected chi connectivity index (χ1v) is 16.8. The van der Waals surface area contributed by atoms with Crippen LogP contribution in [0.15, 0.2) is 70.4 Å². The molecule has 1 aromatic heterocycles. The predicted octanol–water partition coefficient (Wildman–Crippen LogP) is 3.48. The molecule has 1 saturated carbocycles. The van der Waals surface area contributed by atoms with Gasteiger partial charge in [-0.1, -0.05) is 30.3 Å². The van der Waals surface area contributed by atoms with Crippen molar-refractivity contribution in [1.82, 2.24) is 25.6 Å². The van der Waals surface area contributed by atoms with E-state index in [0.717, 1.165) is 22.3 Å². The first-order valence-electron chi connectivity index (χ1n) is 15.4. The standard InChI is InChI=1S/C33H38N6O7S/c1-19-15-25(47(45,46)34-2)12-14-26(19)22-7-3-20(4-8-22)16-29(32(42)36-24-11-13-27-28(17-24)38-39-31(27)41)37-30(40)23-9-5-21(6-10-23)18-35-33(43)44/h3-4,7-8,11-15,17,21,23,29,34-35H,5-6,9-10,16,18H2,1-2H3,(H,36,42)(H,37,40)(H,43,44)(H2,38,39,41)/t21-,23-,29-/m0/s1. The van der Waals surface area contributed by atoms with Crippen LogP contribution in [0.4, 0.5) is 10.5 Å². The molecule has 1 atom stereocenters. The summed E-state index contributed by atoms with van der Waals surface area (Å²) in [6.45, 7) is 2.19. The van der Waals surface area contributed by atoms with Gasteiger partial charge in [0.15, 0.2) is 0 Å². The molecule has 0 bridgehead atoms. The first-order chi connectivity index (χ1) is 22.4. The quantitative estimate of drug-likeness (QED) is 0.127. The number of sulfonamides is 1. The zero-order chi connectivity index (χ0) is 33.7. The van der Waals surface area contributed by atoms with Gasteiger partial charge in [0.05, 0.1) is 15.8 Å². The van der Waals surface area contributed by atoms with Crippen molar-refractivity contribution in [2.75, 3.05) is 18.9 Å². The van der Waals surface area contributed by atoms with Crippen LogP contribution in [-0.2, 0) is 26.0 Å². The number of carbonyl (C=O) groups is 3. The number of aromatic nitrogens is 2. The molecule has 1 heterocycles. The van der Waals surface area contributed by atoms with Gasteiger partial charge in [0.25, 0.3) is 5.56 Å². The van der Waals surface area contributed by atoms with Gasteiger partial charge in [-0.05, 0) is 98.2 Å². The summed E-state index contributed by atoms with van der Waals surface area (Å²) in [6, 6.07) is 16.4. The minimum Gasteiger partial charge on any atom is -0.465 e. The Hall–Kier alpha value is -4.95. The van der Waals surface area contributed by atoms with Crippen LogP contribution in [0, 0.1) is 18.8 Å². The zero-order valence-corrected chi connectivity index (χ0v) is 26.9. The highest BCUT2D eigenvalue weighted by molar-refractivity contribution is 7.89. The molecule has 0 unspecified atom stereocenters. The van der Waals surface area contributed by atoms with E-state index in [2.05, 4.69) is 30.9 Å². The number of hydrogen-bond donors (Lipinski definition) is 7. The molecular weight excluding hydrogens is 624 g/mol. The molecule has 0 aliphatic heterocycles. The minimum absolute atomic E-state index is 0.162. The second kappa shape index (κ2) is 14.2. The first kappa shape index (κ1) is 33.4. The number of aryl methyl sites for hydroxylation is 1. The van der Waals surface area contributed by atoms with E-state index in [-0.39, 0.29) is 34.6 Å². The third-order valence-corrected chi connectivity index (χ3v) is 10.1. The fraction of sp³-hybridized carbons (Fsp3) is 0.333. The van der Waals surface area contributed by atoms with Crippen molar-refractivity contribution in [2.45, 2.75) is 50.0 Å². The fourth-order valence-electron chi connectivity index (χ4n) is 6.00. The lowest BCUT2D eigenvalue weighted by Crippen LogP contribution is -2.48. The van der Waals surface area contributed by atoms with Gasteiger partial charge in [0.1, 0.15) is 6.04 Å². The molecule has 1 aliphatic carbocycles. The molecular formula is C33H38N6O7S. The molecule has 5 rings (SSSR count). The van der Waals surface area contributed by atoms with Gasteiger partial charge in [-0.15, -0.1) is 0 Å². The van der Waals surface area contributed by atoms with Crippen LogP contribution in [0.5, 0.6) is 0 Å². The highest BCUT2D eigenvalue weighted by Crippen LogP contribution is 2.29. The van der Waals surface area contributed by atoms with Crippen molar-refractivity contribution in [2.24, 2.45) is 11.8 Å². The van der Waals surface area contributed by atoms with Crippen LogP contribution < -0.4 is 26.2 Å². The van der Waals surface area contributed by atoms with E-state index < -0.39 is 28.1 Å². The number of amides is 3. The Labute approximate surface area is 271 Å². The van der Waals surface area contributed by atoms with Crippen LogP contribution in [-0.4, -0.2) is 61.3 Å². The van der Waals surface area contributed by atoms with Crippen molar-refractivity contribution in [3.8, 4) is 11.1 Å². The van der Waals surface area contributed by atoms with Crippen molar-refractivity contribution >= 4 is 44.5 Å². The lowest BCUT2D eigenvalue weighted by molar-refractivity contribution is -0.130. The second-order valence-corrected chi connectivity index (χ2v) is 13.8. The Morgan fingerprint density at radius 1 is 0.957 bits per heavy atom. The topological polar surface area (TPSA) is 202 Å². The summed E-state index contributed by atoms with van der Waals surface area (Å²) in [5.74, 6) is -0.789. The maximum absolute atomic E-state index is 13.6. The highest BCUT2D eigenvalue weighted by atomic mass is 32.2. The van der Waals surface area contributed by atoms with Crippen molar-refractivity contribution in [3.63, 3.8) is 0 Å². The van der Waals surface area contributed by atoms with E-state index in [4.69, 9.17) is 5.11 Å². The van der Waals surface area contributed by atoms with Crippen LogP contribution in [0.3, 0.4) is 0 Å². The molecule has 3 amide bonds. The second-order valence-electron chi connectivity index (χ2n) is 11.9. The van der Waals surface area contributed by atoms with Gasteiger partial charge in [-0.25, -0.2) is 17.9 Å². The van der Waals surface area contributed by atoms with Crippen LogP contribution in [0.1, 0.15) is 36.8 Å². The molecule has 0 radical (unpaired) electrons. The molecule has 3 aromatic carbocycles. The number of carboxylic acid groups (broad SMARTS) is 1. The number of benzene rings is 3. The number of carbonyl (C=O) groups excluding carboxylic acids is 2. The van der Waals surface area contributed by atoms with E-state index in [0.29, 0.717) is 48.8 Å². The maximum Gasteiger partial charge on any atom is 0.404 e.